The van der Waals surface area contributed by atoms with Crippen LogP contribution in [-0.4, -0.2) is 33.2 Å². The predicted octanol–water partition coefficient (Wildman–Crippen LogP) is 2.41. The molecule has 0 fully saturated rings. The maximum atomic E-state index is 11.7. The van der Waals surface area contributed by atoms with Crippen LogP contribution in [0.2, 0.25) is 0 Å². The van der Waals surface area contributed by atoms with E-state index in [1.165, 1.54) is 6.08 Å². The Morgan fingerprint density at radius 2 is 2.09 bits per heavy atom. The molecule has 1 atom stereocenters. The van der Waals surface area contributed by atoms with Crippen molar-refractivity contribution in [3.63, 3.8) is 0 Å². The fraction of sp³-hybridized carbons (Fsp3) is 0.333. The zero-order valence-electron chi connectivity index (χ0n) is 13.5. The zero-order chi connectivity index (χ0) is 16.7. The second-order valence-electron chi connectivity index (χ2n) is 5.79. The molecule has 0 bridgehead atoms. The highest BCUT2D eigenvalue weighted by Gasteiger charge is 2.08. The van der Waals surface area contributed by atoms with Crippen LogP contribution in [0.5, 0.6) is 0 Å². The number of benzene rings is 1. The lowest BCUT2D eigenvalue weighted by Gasteiger charge is -2.13. The van der Waals surface area contributed by atoms with Gasteiger partial charge in [-0.25, -0.2) is 4.98 Å². The van der Waals surface area contributed by atoms with Crippen molar-refractivity contribution < 1.29 is 9.90 Å². The van der Waals surface area contributed by atoms with Gasteiger partial charge >= 0.3 is 0 Å². The van der Waals surface area contributed by atoms with Crippen LogP contribution in [0, 0.1) is 5.92 Å². The number of amides is 1. The van der Waals surface area contributed by atoms with Crippen molar-refractivity contribution in [2.45, 2.75) is 26.4 Å². The van der Waals surface area contributed by atoms with Crippen LogP contribution in [0.25, 0.3) is 11.8 Å². The van der Waals surface area contributed by atoms with Crippen molar-refractivity contribution >= 4 is 12.0 Å². The maximum absolute atomic E-state index is 11.7. The number of nitrogens with one attached hydrogen (secondary N) is 1. The predicted molar refractivity (Wildman–Crippen MR) is 91.1 cm³/mol. The van der Waals surface area contributed by atoms with E-state index >= 15 is 0 Å². The van der Waals surface area contributed by atoms with Gasteiger partial charge in [-0.05, 0) is 36.1 Å². The van der Waals surface area contributed by atoms with E-state index in [0.717, 1.165) is 11.3 Å². The van der Waals surface area contributed by atoms with Gasteiger partial charge in [-0.3, -0.25) is 4.79 Å². The van der Waals surface area contributed by atoms with Gasteiger partial charge in [-0.2, -0.15) is 0 Å². The summed E-state index contributed by atoms with van der Waals surface area (Å²) in [7, 11) is 0. The molecule has 5 nitrogen and oxygen atoms in total. The molecular formula is C18H23N3O2. The molecule has 0 spiro atoms. The summed E-state index contributed by atoms with van der Waals surface area (Å²) in [6.45, 7) is 4.39. The Balaban J connectivity index is 1.81. The number of imidazole rings is 1. The molecule has 0 saturated carbocycles. The Morgan fingerprint density at radius 1 is 1.35 bits per heavy atom. The van der Waals surface area contributed by atoms with Crippen molar-refractivity contribution in [3.8, 4) is 5.69 Å². The molecule has 23 heavy (non-hydrogen) atoms. The normalized spacial score (nSPS) is 12.7. The smallest absolute Gasteiger partial charge is 0.244 e. The van der Waals surface area contributed by atoms with Crippen LogP contribution >= 0.6 is 0 Å². The third-order valence-corrected chi connectivity index (χ3v) is 3.63. The van der Waals surface area contributed by atoms with Crippen LogP contribution < -0.4 is 5.32 Å². The SMILES string of the molecule is CC(C)C(O)CCNC(=O)C=Cc1ccc(-n2ccnc2)cc1. The third kappa shape index (κ3) is 5.38. The van der Waals surface area contributed by atoms with Crippen molar-refractivity contribution in [1.29, 1.82) is 0 Å². The lowest BCUT2D eigenvalue weighted by molar-refractivity contribution is -0.116. The highest BCUT2D eigenvalue weighted by atomic mass is 16.3. The minimum atomic E-state index is -0.380. The highest BCUT2D eigenvalue weighted by Crippen LogP contribution is 2.10. The van der Waals surface area contributed by atoms with Crippen LogP contribution in [0.4, 0.5) is 0 Å². The van der Waals surface area contributed by atoms with E-state index in [4.69, 9.17) is 0 Å². The lowest BCUT2D eigenvalue weighted by Crippen LogP contribution is -2.27. The molecule has 0 radical (unpaired) electrons. The number of carbonyl (C=O) groups excluding carboxylic acids is 1. The van der Waals surface area contributed by atoms with Crippen LogP contribution in [-0.2, 0) is 4.79 Å². The van der Waals surface area contributed by atoms with Gasteiger partial charge in [0.25, 0.3) is 0 Å². The van der Waals surface area contributed by atoms with Gasteiger partial charge in [0.05, 0.1) is 12.4 Å². The highest BCUT2D eigenvalue weighted by molar-refractivity contribution is 5.91. The van der Waals surface area contributed by atoms with Crippen LogP contribution in [0.1, 0.15) is 25.8 Å². The molecule has 2 aromatic rings. The van der Waals surface area contributed by atoms with Gasteiger partial charge in [0, 0.05) is 30.7 Å². The maximum Gasteiger partial charge on any atom is 0.244 e. The second kappa shape index (κ2) is 8.29. The first kappa shape index (κ1) is 17.0. The van der Waals surface area contributed by atoms with E-state index in [-0.39, 0.29) is 17.9 Å². The zero-order valence-corrected chi connectivity index (χ0v) is 13.5. The Bertz CT molecular complexity index is 631. The van der Waals surface area contributed by atoms with Gasteiger partial charge in [0.2, 0.25) is 5.91 Å². The topological polar surface area (TPSA) is 67.2 Å². The fourth-order valence-electron chi connectivity index (χ4n) is 2.08. The van der Waals surface area contributed by atoms with Crippen molar-refractivity contribution in [2.75, 3.05) is 6.54 Å². The van der Waals surface area contributed by atoms with E-state index in [2.05, 4.69) is 10.3 Å². The number of hydrogen-bond acceptors (Lipinski definition) is 3. The van der Waals surface area contributed by atoms with Gasteiger partial charge in [0.15, 0.2) is 0 Å². The molecule has 1 heterocycles. The summed E-state index contributed by atoms with van der Waals surface area (Å²) in [5.41, 5.74) is 1.97. The standard InChI is InChI=1S/C18H23N3O2/c1-14(2)17(22)9-10-20-18(23)8-5-15-3-6-16(7-4-15)21-12-11-19-13-21/h3-8,11-14,17,22H,9-10H2,1-2H3,(H,20,23). The van der Waals surface area contributed by atoms with Crippen LogP contribution in [0.15, 0.2) is 49.1 Å². The van der Waals surface area contributed by atoms with E-state index in [1.807, 2.05) is 48.9 Å². The Morgan fingerprint density at radius 3 is 2.70 bits per heavy atom. The minimum absolute atomic E-state index is 0.153. The first-order valence-corrected chi connectivity index (χ1v) is 7.78. The summed E-state index contributed by atoms with van der Waals surface area (Å²) in [4.78, 5) is 15.7. The van der Waals surface area contributed by atoms with Crippen molar-refractivity contribution in [1.82, 2.24) is 14.9 Å². The number of carbonyl (C=O) groups is 1. The third-order valence-electron chi connectivity index (χ3n) is 3.63. The molecule has 0 saturated heterocycles. The number of aromatic nitrogens is 2. The summed E-state index contributed by atoms with van der Waals surface area (Å²) >= 11 is 0. The number of hydrogen-bond donors (Lipinski definition) is 2. The first-order chi connectivity index (χ1) is 11.1. The van der Waals surface area contributed by atoms with E-state index < -0.39 is 0 Å². The number of aliphatic hydroxyl groups excluding tert-OH is 1. The largest absolute Gasteiger partial charge is 0.393 e. The van der Waals surface area contributed by atoms with Crippen LogP contribution in [0.3, 0.4) is 0 Å². The molecule has 1 aromatic carbocycles. The summed E-state index contributed by atoms with van der Waals surface area (Å²) in [5.74, 6) is 0.0519. The summed E-state index contributed by atoms with van der Waals surface area (Å²) < 4.78 is 1.92. The molecule has 0 aliphatic carbocycles. The van der Waals surface area contributed by atoms with Crippen molar-refractivity contribution in [2.24, 2.45) is 5.92 Å². The van der Waals surface area contributed by atoms with Gasteiger partial charge < -0.3 is 15.0 Å². The molecule has 122 valence electrons. The average Bonchev–Trinajstić information content (AvgIpc) is 3.07. The monoisotopic (exact) mass is 313 g/mol. The molecule has 2 N–H and O–H groups in total. The second-order valence-corrected chi connectivity index (χ2v) is 5.79. The molecule has 1 amide bonds. The molecule has 0 aliphatic rings. The Labute approximate surface area is 136 Å². The molecule has 1 aromatic heterocycles. The molecule has 1 unspecified atom stereocenters. The Kier molecular flexibility index (Phi) is 6.11. The molecule has 2 rings (SSSR count). The van der Waals surface area contributed by atoms with Gasteiger partial charge in [-0.1, -0.05) is 26.0 Å². The molecular weight excluding hydrogens is 290 g/mol. The first-order valence-electron chi connectivity index (χ1n) is 7.78. The summed E-state index contributed by atoms with van der Waals surface area (Å²) in [6, 6.07) is 7.83. The van der Waals surface area contributed by atoms with Gasteiger partial charge in [0.1, 0.15) is 0 Å². The quantitative estimate of drug-likeness (QED) is 0.771. The van der Waals surface area contributed by atoms with E-state index in [9.17, 15) is 9.90 Å². The number of rotatable bonds is 7. The summed E-state index contributed by atoms with van der Waals surface area (Å²) in [5, 5.41) is 12.5. The minimum Gasteiger partial charge on any atom is -0.393 e. The lowest BCUT2D eigenvalue weighted by atomic mass is 10.0. The number of nitrogens with zero attached hydrogens (tertiary/aromatic N) is 2. The van der Waals surface area contributed by atoms with E-state index in [1.54, 1.807) is 18.6 Å². The Hall–Kier alpha value is -2.40. The van der Waals surface area contributed by atoms with E-state index in [0.29, 0.717) is 13.0 Å². The summed E-state index contributed by atoms with van der Waals surface area (Å²) in [6.07, 6.45) is 8.81. The van der Waals surface area contributed by atoms with Crippen molar-refractivity contribution in [3.05, 3.63) is 54.6 Å². The fourth-order valence-corrected chi connectivity index (χ4v) is 2.08. The average molecular weight is 313 g/mol. The number of aliphatic hydroxyl groups is 1. The van der Waals surface area contributed by atoms with Gasteiger partial charge in [-0.15, -0.1) is 0 Å². The molecule has 5 heteroatoms. The molecule has 0 aliphatic heterocycles.